The van der Waals surface area contributed by atoms with Gasteiger partial charge in [-0.05, 0) is 53.3 Å². The lowest BCUT2D eigenvalue weighted by Crippen LogP contribution is -2.73. The Morgan fingerprint density at radius 3 is 1.68 bits per heavy atom. The van der Waals surface area contributed by atoms with Crippen LogP contribution in [0.3, 0.4) is 0 Å². The molecule has 10 rings (SSSR count). The van der Waals surface area contributed by atoms with Crippen LogP contribution >= 0.6 is 31.0 Å². The second kappa shape index (κ2) is 13.4. The molecular formula is C40H33Cl2N4O10P. The Balaban J connectivity index is 0.982. The van der Waals surface area contributed by atoms with Crippen molar-refractivity contribution >= 4 is 93.2 Å². The standard InChI is InChI=1S/C40H33Cl2N4O10P/c41-15-22-17-44(30-13-32(26-5-1-3-7-28(26)34(22)30)55-38(49)43-24-9-11-25(12-10-24)46(50)51)36(47)39-19-40(20-39,21-39)37(48)45-18-23(16-42)35-29-8-4-2-6-27(29)33(14-31(35)45)56-57(52,53)54/h1-14,22-23H,15-21H2,(H,43,49)(H2,52,53,54)/t22-,23-,39?,40?/m1/s1. The number of hydrogen-bond donors (Lipinski definition) is 3. The normalized spacial score (nSPS) is 23.0. The number of phosphoric ester groups is 1. The zero-order valence-corrected chi connectivity index (χ0v) is 32.3. The lowest BCUT2D eigenvalue weighted by atomic mass is 9.34. The topological polar surface area (TPSA) is 189 Å². The van der Waals surface area contributed by atoms with E-state index in [1.165, 1.54) is 30.3 Å². The lowest BCUT2D eigenvalue weighted by molar-refractivity contribution is -0.384. The van der Waals surface area contributed by atoms with Gasteiger partial charge in [-0.1, -0.05) is 48.5 Å². The van der Waals surface area contributed by atoms with E-state index in [0.29, 0.717) is 59.0 Å². The molecule has 5 aromatic carbocycles. The van der Waals surface area contributed by atoms with Gasteiger partial charge in [0.1, 0.15) is 11.5 Å². The molecule has 0 spiro atoms. The van der Waals surface area contributed by atoms with Gasteiger partial charge in [-0.15, -0.1) is 23.2 Å². The van der Waals surface area contributed by atoms with E-state index in [1.807, 2.05) is 30.3 Å². The van der Waals surface area contributed by atoms with Gasteiger partial charge in [-0.3, -0.25) is 34.8 Å². The lowest BCUT2D eigenvalue weighted by Gasteiger charge is -2.69. The molecule has 5 aromatic rings. The fourth-order valence-electron chi connectivity index (χ4n) is 9.47. The highest BCUT2D eigenvalue weighted by molar-refractivity contribution is 7.46. The molecule has 3 amide bonds. The second-order valence-electron chi connectivity index (χ2n) is 15.2. The number of non-ortho nitro benzene ring substituents is 1. The van der Waals surface area contributed by atoms with Crippen molar-refractivity contribution in [1.82, 2.24) is 0 Å². The number of alkyl halides is 2. The summed E-state index contributed by atoms with van der Waals surface area (Å²) in [6, 6.07) is 22.9. The first-order valence-corrected chi connectivity index (χ1v) is 20.7. The predicted octanol–water partition coefficient (Wildman–Crippen LogP) is 8.19. The summed E-state index contributed by atoms with van der Waals surface area (Å²) in [4.78, 5) is 75.4. The number of fused-ring (bicyclic) bond motifs is 6. The van der Waals surface area contributed by atoms with Gasteiger partial charge in [0, 0.05) is 77.4 Å². The summed E-state index contributed by atoms with van der Waals surface area (Å²) in [5, 5.41) is 16.2. The molecule has 0 unspecified atom stereocenters. The van der Waals surface area contributed by atoms with Gasteiger partial charge in [0.25, 0.3) is 5.69 Å². The van der Waals surface area contributed by atoms with Crippen molar-refractivity contribution < 1.29 is 42.9 Å². The number of phosphoric acid groups is 1. The van der Waals surface area contributed by atoms with E-state index in [0.717, 1.165) is 16.5 Å². The molecule has 17 heteroatoms. The van der Waals surface area contributed by atoms with Crippen LogP contribution in [0.25, 0.3) is 21.5 Å². The van der Waals surface area contributed by atoms with Crippen molar-refractivity contribution in [1.29, 1.82) is 0 Å². The minimum absolute atomic E-state index is 0.0452. The van der Waals surface area contributed by atoms with Crippen LogP contribution < -0.4 is 24.4 Å². The minimum atomic E-state index is -4.93. The number of nitro groups is 1. The van der Waals surface area contributed by atoms with E-state index < -0.39 is 29.7 Å². The van der Waals surface area contributed by atoms with Crippen LogP contribution in [-0.4, -0.2) is 57.5 Å². The molecule has 2 bridgehead atoms. The molecule has 57 heavy (non-hydrogen) atoms. The fraction of sp³-hybridized carbons (Fsp3) is 0.275. The van der Waals surface area contributed by atoms with Gasteiger partial charge >= 0.3 is 13.9 Å². The summed E-state index contributed by atoms with van der Waals surface area (Å²) < 4.78 is 22.9. The van der Waals surface area contributed by atoms with Crippen molar-refractivity contribution in [3.05, 3.63) is 106 Å². The zero-order chi connectivity index (χ0) is 40.0. The first-order valence-electron chi connectivity index (χ1n) is 18.1. The van der Waals surface area contributed by atoms with Crippen molar-refractivity contribution in [2.45, 2.75) is 31.1 Å². The average Bonchev–Trinajstić information content (AvgIpc) is 3.72. The first-order chi connectivity index (χ1) is 27.2. The van der Waals surface area contributed by atoms with Crippen LogP contribution in [0, 0.1) is 20.9 Å². The molecule has 2 aliphatic heterocycles. The highest BCUT2D eigenvalue weighted by Gasteiger charge is 2.76. The minimum Gasteiger partial charge on any atom is -0.409 e. The maximum atomic E-state index is 14.6. The van der Waals surface area contributed by atoms with E-state index in [9.17, 15) is 38.8 Å². The number of carbonyl (C=O) groups excluding carboxylic acids is 3. The van der Waals surface area contributed by atoms with Gasteiger partial charge in [-0.2, -0.15) is 0 Å². The van der Waals surface area contributed by atoms with Crippen LogP contribution in [-0.2, 0) is 14.2 Å². The Morgan fingerprint density at radius 1 is 0.772 bits per heavy atom. The highest BCUT2D eigenvalue weighted by Crippen LogP contribution is 2.75. The van der Waals surface area contributed by atoms with E-state index in [1.54, 1.807) is 34.1 Å². The maximum Gasteiger partial charge on any atom is 0.524 e. The van der Waals surface area contributed by atoms with Crippen molar-refractivity contribution in [3.63, 3.8) is 0 Å². The SMILES string of the molecule is O=C(Nc1ccc([N+](=O)[O-])cc1)Oc1cc2c(c3ccccc13)[C@H](CCl)CN2C(=O)C12CC(C(=O)N3C[C@@H](CCl)c4c3cc(OP(=O)(O)O)c3ccccc43)(C1)C2. The summed E-state index contributed by atoms with van der Waals surface area (Å²) in [5.41, 5.74) is 1.28. The number of nitrogens with zero attached hydrogens (tertiary/aromatic N) is 3. The van der Waals surface area contributed by atoms with E-state index in [-0.39, 0.29) is 59.1 Å². The summed E-state index contributed by atoms with van der Waals surface area (Å²) in [6.07, 6.45) is 0.133. The van der Waals surface area contributed by atoms with Crippen LogP contribution in [0.5, 0.6) is 11.5 Å². The van der Waals surface area contributed by atoms with Crippen molar-refractivity contribution in [2.24, 2.45) is 10.8 Å². The fourth-order valence-corrected chi connectivity index (χ4v) is 10.4. The van der Waals surface area contributed by atoms with Crippen LogP contribution in [0.1, 0.15) is 42.2 Å². The van der Waals surface area contributed by atoms with Crippen LogP contribution in [0.4, 0.5) is 27.5 Å². The molecule has 3 fully saturated rings. The molecule has 2 atom stereocenters. The number of anilines is 3. The number of rotatable bonds is 9. The Morgan fingerprint density at radius 2 is 1.23 bits per heavy atom. The first kappa shape index (κ1) is 37.3. The number of ether oxygens (including phenoxy) is 1. The van der Waals surface area contributed by atoms with Crippen LogP contribution in [0.2, 0.25) is 0 Å². The molecule has 3 saturated carbocycles. The average molecular weight is 832 g/mol. The van der Waals surface area contributed by atoms with E-state index in [2.05, 4.69) is 5.32 Å². The number of carbonyl (C=O) groups is 3. The van der Waals surface area contributed by atoms with E-state index in [4.69, 9.17) is 32.5 Å². The molecule has 2 heterocycles. The predicted molar refractivity (Wildman–Crippen MR) is 214 cm³/mol. The third-order valence-electron chi connectivity index (χ3n) is 11.8. The summed E-state index contributed by atoms with van der Waals surface area (Å²) in [6.45, 7) is 0.573. The molecule has 5 aliphatic rings. The number of nitrogens with one attached hydrogen (secondary N) is 1. The monoisotopic (exact) mass is 830 g/mol. The number of amides is 3. The number of halogens is 2. The third-order valence-corrected chi connectivity index (χ3v) is 13.0. The molecule has 3 N–H and O–H groups in total. The summed E-state index contributed by atoms with van der Waals surface area (Å²) in [5.74, 6) is -0.169. The number of nitro benzene ring substituents is 1. The zero-order valence-electron chi connectivity index (χ0n) is 29.9. The Hall–Kier alpha value is -5.24. The summed E-state index contributed by atoms with van der Waals surface area (Å²) in [7, 11) is -4.93. The van der Waals surface area contributed by atoms with E-state index >= 15 is 0 Å². The van der Waals surface area contributed by atoms with Gasteiger partial charge in [-0.25, -0.2) is 9.36 Å². The molecule has 0 radical (unpaired) electrons. The number of benzene rings is 5. The quantitative estimate of drug-likeness (QED) is 0.0565. The van der Waals surface area contributed by atoms with Crippen LogP contribution in [0.15, 0.2) is 84.9 Å². The third kappa shape index (κ3) is 6.01. The molecule has 292 valence electrons. The molecule has 3 aliphatic carbocycles. The molecule has 0 aromatic heterocycles. The van der Waals surface area contributed by atoms with Gasteiger partial charge in [0.2, 0.25) is 11.8 Å². The largest absolute Gasteiger partial charge is 0.524 e. The van der Waals surface area contributed by atoms with Crippen molar-refractivity contribution in [3.8, 4) is 11.5 Å². The smallest absolute Gasteiger partial charge is 0.409 e. The molecule has 0 saturated heterocycles. The van der Waals surface area contributed by atoms with Crippen molar-refractivity contribution in [2.75, 3.05) is 40.0 Å². The van der Waals surface area contributed by atoms with Gasteiger partial charge in [0.05, 0.1) is 27.1 Å². The Kier molecular flexibility index (Phi) is 8.79. The maximum absolute atomic E-state index is 14.6. The molecule has 14 nitrogen and oxygen atoms in total. The number of hydrogen-bond acceptors (Lipinski definition) is 8. The highest BCUT2D eigenvalue weighted by atomic mass is 35.5. The second-order valence-corrected chi connectivity index (χ2v) is 17.0. The van der Waals surface area contributed by atoms with Gasteiger partial charge in [0.15, 0.2) is 0 Å². The molecular weight excluding hydrogens is 798 g/mol. The Bertz CT molecular complexity index is 2600. The van der Waals surface area contributed by atoms with Gasteiger partial charge < -0.3 is 19.1 Å². The Labute approximate surface area is 334 Å². The summed E-state index contributed by atoms with van der Waals surface area (Å²) >= 11 is 13.0.